The maximum atomic E-state index is 11.7. The zero-order valence-corrected chi connectivity index (χ0v) is 15.6. The summed E-state index contributed by atoms with van der Waals surface area (Å²) >= 11 is 0. The number of carbonyl (C=O) groups is 1. The molecule has 0 aromatic heterocycles. The van der Waals surface area contributed by atoms with Gasteiger partial charge in [0.1, 0.15) is 5.60 Å². The van der Waals surface area contributed by atoms with Crippen molar-refractivity contribution in [2.24, 2.45) is 5.92 Å². The van der Waals surface area contributed by atoms with Gasteiger partial charge in [-0.25, -0.2) is 4.79 Å². The van der Waals surface area contributed by atoms with Crippen LogP contribution in [0.25, 0.3) is 0 Å². The van der Waals surface area contributed by atoms with Gasteiger partial charge in [-0.1, -0.05) is 46.5 Å². The average molecular weight is 315 g/mol. The molecule has 4 nitrogen and oxygen atoms in total. The maximum absolute atomic E-state index is 11.7. The molecule has 22 heavy (non-hydrogen) atoms. The molecule has 1 atom stereocenters. The van der Waals surface area contributed by atoms with Crippen LogP contribution in [0.4, 0.5) is 4.79 Å². The fourth-order valence-corrected chi connectivity index (χ4v) is 2.36. The highest BCUT2D eigenvalue weighted by atomic mass is 16.6. The number of hydrogen-bond donors (Lipinski definition) is 2. The van der Waals surface area contributed by atoms with Gasteiger partial charge in [0.05, 0.1) is 0 Å². The zero-order chi connectivity index (χ0) is 17.0. The summed E-state index contributed by atoms with van der Waals surface area (Å²) < 4.78 is 5.29. The van der Waals surface area contributed by atoms with E-state index in [-0.39, 0.29) is 6.09 Å². The Morgan fingerprint density at radius 2 is 1.73 bits per heavy atom. The fourth-order valence-electron chi connectivity index (χ4n) is 2.36. The third-order valence-electron chi connectivity index (χ3n) is 3.36. The van der Waals surface area contributed by atoms with Crippen molar-refractivity contribution in [3.8, 4) is 0 Å². The molecule has 0 aliphatic carbocycles. The summed E-state index contributed by atoms with van der Waals surface area (Å²) in [6.45, 7) is 14.0. The number of carbonyl (C=O) groups excluding carboxylic acids is 1. The van der Waals surface area contributed by atoms with E-state index in [9.17, 15) is 4.79 Å². The Morgan fingerprint density at radius 1 is 1.09 bits per heavy atom. The monoisotopic (exact) mass is 314 g/mol. The molecule has 0 aromatic rings. The highest BCUT2D eigenvalue weighted by Crippen LogP contribution is 2.08. The van der Waals surface area contributed by atoms with Crippen LogP contribution in [-0.2, 0) is 4.74 Å². The third-order valence-corrected chi connectivity index (χ3v) is 3.36. The van der Waals surface area contributed by atoms with Crippen LogP contribution in [-0.4, -0.2) is 30.8 Å². The minimum atomic E-state index is -0.440. The van der Waals surface area contributed by atoms with Gasteiger partial charge in [0.15, 0.2) is 0 Å². The van der Waals surface area contributed by atoms with Gasteiger partial charge in [-0.2, -0.15) is 0 Å². The van der Waals surface area contributed by atoms with Gasteiger partial charge >= 0.3 is 6.09 Å². The molecule has 0 rings (SSSR count). The second-order valence-electron chi connectivity index (χ2n) is 7.58. The molecular weight excluding hydrogens is 276 g/mol. The summed E-state index contributed by atoms with van der Waals surface area (Å²) in [5.74, 6) is 0.609. The van der Waals surface area contributed by atoms with Crippen LogP contribution in [0.3, 0.4) is 0 Å². The first-order valence-corrected chi connectivity index (χ1v) is 8.94. The van der Waals surface area contributed by atoms with Crippen LogP contribution < -0.4 is 10.6 Å². The number of rotatable bonds is 11. The van der Waals surface area contributed by atoms with Crippen molar-refractivity contribution in [2.75, 3.05) is 13.1 Å². The van der Waals surface area contributed by atoms with Gasteiger partial charge in [-0.15, -0.1) is 0 Å². The van der Waals surface area contributed by atoms with Crippen LogP contribution in [0.1, 0.15) is 80.1 Å². The molecule has 1 amide bonds. The molecular formula is C18H38N2O2. The van der Waals surface area contributed by atoms with Crippen molar-refractivity contribution >= 4 is 6.09 Å². The highest BCUT2D eigenvalue weighted by Gasteiger charge is 2.17. The van der Waals surface area contributed by atoms with Crippen LogP contribution in [0.15, 0.2) is 0 Å². The minimum absolute atomic E-state index is 0.318. The molecule has 0 saturated heterocycles. The van der Waals surface area contributed by atoms with E-state index >= 15 is 0 Å². The summed E-state index contributed by atoms with van der Waals surface area (Å²) in [5, 5.41) is 6.46. The van der Waals surface area contributed by atoms with Gasteiger partial charge in [-0.05, 0) is 46.1 Å². The number of nitrogens with one attached hydrogen (secondary N) is 2. The van der Waals surface area contributed by atoms with E-state index < -0.39 is 5.60 Å². The lowest BCUT2D eigenvalue weighted by Gasteiger charge is -2.23. The van der Waals surface area contributed by atoms with Crippen LogP contribution >= 0.6 is 0 Å². The predicted octanol–water partition coefficient (Wildman–Crippen LogP) is 4.49. The molecule has 0 aliphatic rings. The van der Waals surface area contributed by atoms with Gasteiger partial charge in [0, 0.05) is 12.6 Å². The molecule has 0 aromatic carbocycles. The van der Waals surface area contributed by atoms with Crippen LogP contribution in [0.5, 0.6) is 0 Å². The first kappa shape index (κ1) is 21.2. The largest absolute Gasteiger partial charge is 0.444 e. The average Bonchev–Trinajstić information content (AvgIpc) is 2.37. The second-order valence-corrected chi connectivity index (χ2v) is 7.58. The van der Waals surface area contributed by atoms with Crippen LogP contribution in [0.2, 0.25) is 0 Å². The molecule has 1 unspecified atom stereocenters. The third kappa shape index (κ3) is 14.2. The summed E-state index contributed by atoms with van der Waals surface area (Å²) in [4.78, 5) is 11.7. The van der Waals surface area contributed by atoms with E-state index in [4.69, 9.17) is 4.74 Å². The zero-order valence-electron chi connectivity index (χ0n) is 15.6. The minimum Gasteiger partial charge on any atom is -0.444 e. The van der Waals surface area contributed by atoms with Gasteiger partial charge in [0.2, 0.25) is 0 Å². The normalized spacial score (nSPS) is 13.2. The van der Waals surface area contributed by atoms with Crippen molar-refractivity contribution in [3.63, 3.8) is 0 Å². The first-order chi connectivity index (χ1) is 10.2. The number of amides is 1. The standard InChI is InChI=1S/C18H38N2O2/c1-7-8-9-10-11-12-19-16(13-15(2)3)14-20-17(21)22-18(4,5)6/h15-16,19H,7-14H2,1-6H3,(H,20,21). The fraction of sp³-hybridized carbons (Fsp3) is 0.944. The lowest BCUT2D eigenvalue weighted by Crippen LogP contribution is -2.43. The summed E-state index contributed by atoms with van der Waals surface area (Å²) in [6, 6.07) is 0.318. The molecule has 0 radical (unpaired) electrons. The lowest BCUT2D eigenvalue weighted by molar-refractivity contribution is 0.0521. The smallest absolute Gasteiger partial charge is 0.407 e. The number of hydrogen-bond acceptors (Lipinski definition) is 3. The van der Waals surface area contributed by atoms with Crippen molar-refractivity contribution < 1.29 is 9.53 Å². The first-order valence-electron chi connectivity index (χ1n) is 8.94. The number of alkyl carbamates (subject to hydrolysis) is 1. The Kier molecular flexibility index (Phi) is 11.3. The Balaban J connectivity index is 3.99. The molecule has 2 N–H and O–H groups in total. The Hall–Kier alpha value is -0.770. The maximum Gasteiger partial charge on any atom is 0.407 e. The predicted molar refractivity (Wildman–Crippen MR) is 94.2 cm³/mol. The van der Waals surface area contributed by atoms with Crippen molar-refractivity contribution in [1.82, 2.24) is 10.6 Å². The van der Waals surface area contributed by atoms with Crippen LogP contribution in [0, 0.1) is 5.92 Å². The van der Waals surface area contributed by atoms with Crippen molar-refractivity contribution in [1.29, 1.82) is 0 Å². The number of ether oxygens (including phenoxy) is 1. The van der Waals surface area contributed by atoms with Gasteiger partial charge < -0.3 is 15.4 Å². The molecule has 132 valence electrons. The molecule has 0 spiro atoms. The van der Waals surface area contributed by atoms with E-state index in [1.807, 2.05) is 20.8 Å². The molecule has 0 aliphatic heterocycles. The van der Waals surface area contributed by atoms with Gasteiger partial charge in [-0.3, -0.25) is 0 Å². The SMILES string of the molecule is CCCCCCCNC(CNC(=O)OC(C)(C)C)CC(C)C. The molecule has 0 fully saturated rings. The van der Waals surface area contributed by atoms with E-state index in [0.29, 0.717) is 18.5 Å². The lowest BCUT2D eigenvalue weighted by atomic mass is 10.0. The van der Waals surface area contributed by atoms with Gasteiger partial charge in [0.25, 0.3) is 0 Å². The van der Waals surface area contributed by atoms with E-state index in [0.717, 1.165) is 13.0 Å². The quantitative estimate of drug-likeness (QED) is 0.553. The molecule has 4 heteroatoms. The van der Waals surface area contributed by atoms with E-state index in [1.54, 1.807) is 0 Å². The summed E-state index contributed by atoms with van der Waals surface area (Å²) in [7, 11) is 0. The molecule has 0 saturated carbocycles. The van der Waals surface area contributed by atoms with E-state index in [1.165, 1.54) is 32.1 Å². The highest BCUT2D eigenvalue weighted by molar-refractivity contribution is 5.67. The van der Waals surface area contributed by atoms with Crippen molar-refractivity contribution in [2.45, 2.75) is 91.7 Å². The van der Waals surface area contributed by atoms with E-state index in [2.05, 4.69) is 31.4 Å². The molecule has 0 bridgehead atoms. The van der Waals surface area contributed by atoms with Crippen molar-refractivity contribution in [3.05, 3.63) is 0 Å². The summed E-state index contributed by atoms with van der Waals surface area (Å²) in [5.41, 5.74) is -0.440. The molecule has 0 heterocycles. The Labute approximate surface area is 137 Å². The Bertz CT molecular complexity index is 285. The summed E-state index contributed by atoms with van der Waals surface area (Å²) in [6.07, 6.45) is 7.16. The Morgan fingerprint density at radius 3 is 2.27 bits per heavy atom. The topological polar surface area (TPSA) is 50.4 Å². The number of unbranched alkanes of at least 4 members (excludes halogenated alkanes) is 4. The second kappa shape index (κ2) is 11.8.